The maximum absolute atomic E-state index is 8.62. The highest BCUT2D eigenvalue weighted by Gasteiger charge is 2.23. The maximum atomic E-state index is 8.62. The molecule has 1 aromatic carbocycles. The molecule has 116 valence electrons. The van der Waals surface area contributed by atoms with Crippen molar-refractivity contribution in [2.24, 2.45) is 10.9 Å². The van der Waals surface area contributed by atoms with Crippen LogP contribution in [-0.4, -0.2) is 41.2 Å². The van der Waals surface area contributed by atoms with E-state index in [2.05, 4.69) is 23.9 Å². The van der Waals surface area contributed by atoms with Crippen LogP contribution in [0.3, 0.4) is 0 Å². The first-order valence-corrected chi connectivity index (χ1v) is 7.58. The first-order valence-electron chi connectivity index (χ1n) is 7.58. The second-order valence-electron chi connectivity index (χ2n) is 5.72. The molecule has 0 aliphatic carbocycles. The van der Waals surface area contributed by atoms with Crippen LogP contribution in [0, 0.1) is 0 Å². The first kappa shape index (κ1) is 15.6. The second kappa shape index (κ2) is 7.31. The average molecular weight is 291 g/mol. The predicted molar refractivity (Wildman–Crippen MR) is 83.9 cm³/mol. The van der Waals surface area contributed by atoms with E-state index < -0.39 is 0 Å². The lowest BCUT2D eigenvalue weighted by Crippen LogP contribution is -2.45. The van der Waals surface area contributed by atoms with E-state index in [1.54, 1.807) is 12.1 Å². The number of nitrogens with two attached hydrogens (primary N) is 1. The quantitative estimate of drug-likeness (QED) is 0.378. The van der Waals surface area contributed by atoms with Gasteiger partial charge in [0.1, 0.15) is 12.4 Å². The van der Waals surface area contributed by atoms with Gasteiger partial charge < -0.3 is 15.7 Å². The van der Waals surface area contributed by atoms with Crippen LogP contribution in [0.4, 0.5) is 0 Å². The molecule has 0 bridgehead atoms. The molecule has 0 saturated carbocycles. The molecular formula is C16H25N3O2. The summed E-state index contributed by atoms with van der Waals surface area (Å²) in [6.07, 6.45) is 3.88. The number of benzene rings is 1. The van der Waals surface area contributed by atoms with Crippen molar-refractivity contribution < 1.29 is 9.94 Å². The van der Waals surface area contributed by atoms with Gasteiger partial charge in [-0.3, -0.25) is 4.90 Å². The summed E-state index contributed by atoms with van der Waals surface area (Å²) in [5.41, 5.74) is 6.21. The Bertz CT molecular complexity index is 463. The summed E-state index contributed by atoms with van der Waals surface area (Å²) < 4.78 is 5.79. The molecule has 1 saturated heterocycles. The average Bonchev–Trinajstić information content (AvgIpc) is 2.50. The van der Waals surface area contributed by atoms with Crippen molar-refractivity contribution in [3.05, 3.63) is 29.8 Å². The van der Waals surface area contributed by atoms with Gasteiger partial charge in [-0.15, -0.1) is 0 Å². The topological polar surface area (TPSA) is 71.1 Å². The van der Waals surface area contributed by atoms with Crippen LogP contribution in [0.15, 0.2) is 29.4 Å². The van der Waals surface area contributed by atoms with Crippen LogP contribution in [0.2, 0.25) is 0 Å². The molecule has 2 rings (SSSR count). The maximum Gasteiger partial charge on any atom is 0.170 e. The zero-order valence-electron chi connectivity index (χ0n) is 12.8. The van der Waals surface area contributed by atoms with Crippen LogP contribution in [-0.2, 0) is 0 Å². The molecule has 1 aliphatic heterocycles. The Morgan fingerprint density at radius 3 is 2.48 bits per heavy atom. The second-order valence-corrected chi connectivity index (χ2v) is 5.72. The Labute approximate surface area is 126 Å². The van der Waals surface area contributed by atoms with E-state index in [1.165, 1.54) is 19.3 Å². The number of oxime groups is 1. The summed E-state index contributed by atoms with van der Waals surface area (Å²) in [6, 6.07) is 8.54. The zero-order chi connectivity index (χ0) is 15.2. The van der Waals surface area contributed by atoms with E-state index >= 15 is 0 Å². The molecule has 0 amide bonds. The molecule has 1 heterocycles. The molecule has 2 atom stereocenters. The first-order chi connectivity index (χ1) is 10.1. The molecule has 5 heteroatoms. The Kier molecular flexibility index (Phi) is 5.44. The van der Waals surface area contributed by atoms with Gasteiger partial charge in [-0.2, -0.15) is 0 Å². The van der Waals surface area contributed by atoms with E-state index in [9.17, 15) is 0 Å². The highest BCUT2D eigenvalue weighted by molar-refractivity contribution is 5.97. The molecule has 1 aromatic rings. The lowest BCUT2D eigenvalue weighted by molar-refractivity contribution is 0.0851. The summed E-state index contributed by atoms with van der Waals surface area (Å²) in [4.78, 5) is 2.52. The fourth-order valence-electron chi connectivity index (χ4n) is 2.96. The van der Waals surface area contributed by atoms with E-state index in [0.717, 1.165) is 12.3 Å². The molecule has 0 aromatic heterocycles. The van der Waals surface area contributed by atoms with E-state index in [0.29, 0.717) is 24.3 Å². The molecule has 0 spiro atoms. The number of likely N-dealkylation sites (tertiary alicyclic amines) is 1. The van der Waals surface area contributed by atoms with Crippen molar-refractivity contribution in [3.63, 3.8) is 0 Å². The normalized spacial score (nSPS) is 24.0. The summed E-state index contributed by atoms with van der Waals surface area (Å²) in [5.74, 6) is 0.916. The number of nitrogens with zero attached hydrogens (tertiary/aromatic N) is 2. The number of piperidine rings is 1. The highest BCUT2D eigenvalue weighted by Crippen LogP contribution is 2.22. The van der Waals surface area contributed by atoms with Crippen LogP contribution in [0.5, 0.6) is 5.75 Å². The van der Waals surface area contributed by atoms with Crippen molar-refractivity contribution in [3.8, 4) is 5.75 Å². The van der Waals surface area contributed by atoms with Gasteiger partial charge in [-0.25, -0.2) is 0 Å². The molecular weight excluding hydrogens is 266 g/mol. The van der Waals surface area contributed by atoms with Crippen molar-refractivity contribution >= 4 is 5.84 Å². The molecule has 5 nitrogen and oxygen atoms in total. The third kappa shape index (κ3) is 4.11. The van der Waals surface area contributed by atoms with Gasteiger partial charge in [0.15, 0.2) is 5.84 Å². The summed E-state index contributed by atoms with van der Waals surface area (Å²) in [6.45, 7) is 6.21. The Hall–Kier alpha value is -1.75. The van der Waals surface area contributed by atoms with E-state index in [1.807, 2.05) is 12.1 Å². The van der Waals surface area contributed by atoms with Gasteiger partial charge in [0.25, 0.3) is 0 Å². The lowest BCUT2D eigenvalue weighted by Gasteiger charge is -2.38. The van der Waals surface area contributed by atoms with Crippen molar-refractivity contribution in [1.82, 2.24) is 4.90 Å². The largest absolute Gasteiger partial charge is 0.492 e. The minimum absolute atomic E-state index is 0.109. The SMILES string of the molecule is CC1CCCC(C)N1CCOc1ccc(/C(N)=N/O)cc1. The third-order valence-electron chi connectivity index (χ3n) is 4.25. The molecule has 1 fully saturated rings. The number of hydrogen-bond acceptors (Lipinski definition) is 4. The Morgan fingerprint density at radius 2 is 1.90 bits per heavy atom. The Balaban J connectivity index is 1.83. The molecule has 21 heavy (non-hydrogen) atoms. The number of amidine groups is 1. The molecule has 0 radical (unpaired) electrons. The van der Waals surface area contributed by atoms with Crippen LogP contribution in [0.1, 0.15) is 38.7 Å². The van der Waals surface area contributed by atoms with Gasteiger partial charge in [0.05, 0.1) is 0 Å². The van der Waals surface area contributed by atoms with Crippen LogP contribution >= 0.6 is 0 Å². The number of rotatable bonds is 5. The van der Waals surface area contributed by atoms with Gasteiger partial charge in [-0.05, 0) is 51.0 Å². The smallest absolute Gasteiger partial charge is 0.170 e. The predicted octanol–water partition coefficient (Wildman–Crippen LogP) is 2.42. The summed E-state index contributed by atoms with van der Waals surface area (Å²) in [5, 5.41) is 11.6. The van der Waals surface area contributed by atoms with Crippen molar-refractivity contribution in [1.29, 1.82) is 0 Å². The minimum atomic E-state index is 0.109. The van der Waals surface area contributed by atoms with Crippen molar-refractivity contribution in [2.75, 3.05) is 13.2 Å². The minimum Gasteiger partial charge on any atom is -0.492 e. The number of hydrogen-bond donors (Lipinski definition) is 2. The lowest BCUT2D eigenvalue weighted by atomic mass is 9.98. The zero-order valence-corrected chi connectivity index (χ0v) is 12.8. The third-order valence-corrected chi connectivity index (χ3v) is 4.25. The van der Waals surface area contributed by atoms with E-state index in [-0.39, 0.29) is 5.84 Å². The van der Waals surface area contributed by atoms with Gasteiger partial charge in [0.2, 0.25) is 0 Å². The molecule has 1 aliphatic rings. The van der Waals surface area contributed by atoms with Gasteiger partial charge in [-0.1, -0.05) is 11.6 Å². The highest BCUT2D eigenvalue weighted by atomic mass is 16.5. The van der Waals surface area contributed by atoms with Gasteiger partial charge in [0, 0.05) is 24.2 Å². The molecule has 2 unspecified atom stereocenters. The van der Waals surface area contributed by atoms with Crippen LogP contribution in [0.25, 0.3) is 0 Å². The molecule has 3 N–H and O–H groups in total. The van der Waals surface area contributed by atoms with Gasteiger partial charge >= 0.3 is 0 Å². The Morgan fingerprint density at radius 1 is 1.29 bits per heavy atom. The fraction of sp³-hybridized carbons (Fsp3) is 0.562. The monoisotopic (exact) mass is 291 g/mol. The fourth-order valence-corrected chi connectivity index (χ4v) is 2.96. The summed E-state index contributed by atoms with van der Waals surface area (Å²) >= 11 is 0. The van der Waals surface area contributed by atoms with E-state index in [4.69, 9.17) is 15.7 Å². The number of ether oxygens (including phenoxy) is 1. The van der Waals surface area contributed by atoms with Crippen molar-refractivity contribution in [2.45, 2.75) is 45.2 Å². The standard InChI is InChI=1S/C16H25N3O2/c1-12-4-3-5-13(2)19(12)10-11-21-15-8-6-14(7-9-15)16(17)18-20/h6-9,12-13,20H,3-5,10-11H2,1-2H3,(H2,17,18). The summed E-state index contributed by atoms with van der Waals surface area (Å²) in [7, 11) is 0. The van der Waals surface area contributed by atoms with Crippen LogP contribution < -0.4 is 10.5 Å².